The van der Waals surface area contributed by atoms with E-state index in [2.05, 4.69) is 25.3 Å². The summed E-state index contributed by atoms with van der Waals surface area (Å²) in [5.41, 5.74) is 2.03. The second-order valence-corrected chi connectivity index (χ2v) is 8.93. The SMILES string of the molecule is COc1ccc(OC)c([C@H](c2nnnn2C2CCCC2)N2CCN(c3ccc(F)cc3)CC2)c1. The highest BCUT2D eigenvalue weighted by molar-refractivity contribution is 5.47. The van der Waals surface area contributed by atoms with Gasteiger partial charge in [0.2, 0.25) is 0 Å². The summed E-state index contributed by atoms with van der Waals surface area (Å²) in [5, 5.41) is 13.1. The van der Waals surface area contributed by atoms with E-state index in [0.717, 1.165) is 67.6 Å². The van der Waals surface area contributed by atoms with Crippen LogP contribution in [-0.2, 0) is 0 Å². The van der Waals surface area contributed by atoms with Crippen LogP contribution in [-0.4, -0.2) is 65.5 Å². The highest BCUT2D eigenvalue weighted by Gasteiger charge is 2.35. The zero-order chi connectivity index (χ0) is 23.5. The van der Waals surface area contributed by atoms with Crippen LogP contribution in [0.15, 0.2) is 42.5 Å². The van der Waals surface area contributed by atoms with Gasteiger partial charge in [-0.3, -0.25) is 4.90 Å². The summed E-state index contributed by atoms with van der Waals surface area (Å²) in [4.78, 5) is 4.70. The van der Waals surface area contributed by atoms with Crippen molar-refractivity contribution in [3.05, 3.63) is 59.7 Å². The summed E-state index contributed by atoms with van der Waals surface area (Å²) < 4.78 is 26.8. The quantitative estimate of drug-likeness (QED) is 0.524. The van der Waals surface area contributed by atoms with Gasteiger partial charge in [-0.1, -0.05) is 12.8 Å². The van der Waals surface area contributed by atoms with Crippen molar-refractivity contribution in [2.45, 2.75) is 37.8 Å². The standard InChI is InChI=1S/C25H31FN6O2/c1-33-21-11-12-23(34-2)22(17-21)24(25-27-28-29-32(25)20-5-3-4-6-20)31-15-13-30(14-16-31)19-9-7-18(26)8-10-19/h7-12,17,20,24H,3-6,13-16H2,1-2H3/t24-/m1/s1. The number of anilines is 1. The van der Waals surface area contributed by atoms with Crippen molar-refractivity contribution in [3.8, 4) is 11.5 Å². The molecule has 9 heteroatoms. The lowest BCUT2D eigenvalue weighted by Gasteiger charge is -2.40. The van der Waals surface area contributed by atoms with Crippen LogP contribution in [0.4, 0.5) is 10.1 Å². The van der Waals surface area contributed by atoms with Gasteiger partial charge in [0.15, 0.2) is 5.82 Å². The molecule has 34 heavy (non-hydrogen) atoms. The number of tetrazole rings is 1. The van der Waals surface area contributed by atoms with Crippen LogP contribution in [0.5, 0.6) is 11.5 Å². The summed E-state index contributed by atoms with van der Waals surface area (Å²) in [7, 11) is 3.36. The molecule has 180 valence electrons. The van der Waals surface area contributed by atoms with Gasteiger partial charge in [-0.15, -0.1) is 5.10 Å². The predicted molar refractivity (Wildman–Crippen MR) is 127 cm³/mol. The lowest BCUT2D eigenvalue weighted by Crippen LogP contribution is -2.48. The Hall–Kier alpha value is -3.20. The summed E-state index contributed by atoms with van der Waals surface area (Å²) in [6.45, 7) is 3.25. The number of nitrogens with zero attached hydrogens (tertiary/aromatic N) is 6. The number of rotatable bonds is 7. The van der Waals surface area contributed by atoms with Crippen LogP contribution in [0.3, 0.4) is 0 Å². The summed E-state index contributed by atoms with van der Waals surface area (Å²) in [6, 6.07) is 12.8. The van der Waals surface area contributed by atoms with E-state index >= 15 is 0 Å². The topological polar surface area (TPSA) is 68.5 Å². The number of methoxy groups -OCH3 is 2. The van der Waals surface area contributed by atoms with Crippen LogP contribution < -0.4 is 14.4 Å². The maximum absolute atomic E-state index is 13.4. The van der Waals surface area contributed by atoms with Crippen LogP contribution in [0, 0.1) is 5.82 Å². The van der Waals surface area contributed by atoms with E-state index in [1.54, 1.807) is 14.2 Å². The van der Waals surface area contributed by atoms with Crippen LogP contribution in [0.25, 0.3) is 0 Å². The Morgan fingerprint density at radius 2 is 1.68 bits per heavy atom. The molecule has 1 saturated heterocycles. The van der Waals surface area contributed by atoms with Gasteiger partial charge in [0.1, 0.15) is 23.4 Å². The van der Waals surface area contributed by atoms with Gasteiger partial charge in [-0.25, -0.2) is 9.07 Å². The first kappa shape index (κ1) is 22.6. The molecule has 0 amide bonds. The third-order valence-electron chi connectivity index (χ3n) is 7.04. The van der Waals surface area contributed by atoms with E-state index in [-0.39, 0.29) is 11.9 Å². The molecule has 2 aromatic carbocycles. The van der Waals surface area contributed by atoms with Gasteiger partial charge in [-0.05, 0) is 65.7 Å². The predicted octanol–water partition coefficient (Wildman–Crippen LogP) is 3.86. The number of hydrogen-bond donors (Lipinski definition) is 0. The molecule has 2 heterocycles. The van der Waals surface area contributed by atoms with Gasteiger partial charge in [0, 0.05) is 37.4 Å². The molecule has 2 fully saturated rings. The third kappa shape index (κ3) is 4.44. The summed E-state index contributed by atoms with van der Waals surface area (Å²) >= 11 is 0. The molecule has 1 aromatic heterocycles. The van der Waals surface area contributed by atoms with Crippen LogP contribution in [0.2, 0.25) is 0 Å². The molecule has 0 bridgehead atoms. The second kappa shape index (κ2) is 9.97. The van der Waals surface area contributed by atoms with Gasteiger partial charge < -0.3 is 14.4 Å². The Morgan fingerprint density at radius 1 is 0.941 bits per heavy atom. The van der Waals surface area contributed by atoms with Crippen molar-refractivity contribution < 1.29 is 13.9 Å². The van der Waals surface area contributed by atoms with E-state index in [1.165, 1.54) is 25.0 Å². The monoisotopic (exact) mass is 466 g/mol. The number of hydrogen-bond acceptors (Lipinski definition) is 7. The van der Waals surface area contributed by atoms with E-state index in [1.807, 2.05) is 35.0 Å². The fraction of sp³-hybridized carbons (Fsp3) is 0.480. The molecule has 3 aromatic rings. The summed E-state index contributed by atoms with van der Waals surface area (Å²) in [6.07, 6.45) is 4.59. The lowest BCUT2D eigenvalue weighted by molar-refractivity contribution is 0.194. The minimum absolute atomic E-state index is 0.170. The van der Waals surface area contributed by atoms with Crippen LogP contribution in [0.1, 0.15) is 49.2 Å². The lowest BCUT2D eigenvalue weighted by atomic mass is 10.0. The number of aromatic nitrogens is 4. The van der Waals surface area contributed by atoms with Crippen molar-refractivity contribution in [3.63, 3.8) is 0 Å². The zero-order valence-corrected chi connectivity index (χ0v) is 19.7. The Labute approximate surface area is 199 Å². The highest BCUT2D eigenvalue weighted by Crippen LogP contribution is 2.39. The molecular weight excluding hydrogens is 435 g/mol. The molecule has 0 spiro atoms. The molecule has 1 atom stereocenters. The van der Waals surface area contributed by atoms with E-state index in [0.29, 0.717) is 6.04 Å². The van der Waals surface area contributed by atoms with Gasteiger partial charge in [-0.2, -0.15) is 0 Å². The molecule has 1 aliphatic heterocycles. The molecular formula is C25H31FN6O2. The van der Waals surface area contributed by atoms with Gasteiger partial charge in [0.25, 0.3) is 0 Å². The Kier molecular flexibility index (Phi) is 6.62. The number of halogens is 1. The van der Waals surface area contributed by atoms with Gasteiger partial charge >= 0.3 is 0 Å². The largest absolute Gasteiger partial charge is 0.497 e. The third-order valence-corrected chi connectivity index (χ3v) is 7.04. The van der Waals surface area contributed by atoms with Crippen molar-refractivity contribution in [2.24, 2.45) is 0 Å². The second-order valence-electron chi connectivity index (χ2n) is 8.93. The normalized spacial score (nSPS) is 18.3. The molecule has 0 radical (unpaired) electrons. The zero-order valence-electron chi connectivity index (χ0n) is 19.7. The fourth-order valence-electron chi connectivity index (χ4n) is 5.23. The van der Waals surface area contributed by atoms with Crippen molar-refractivity contribution in [1.29, 1.82) is 0 Å². The number of benzene rings is 2. The Bertz CT molecular complexity index is 1090. The first-order chi connectivity index (χ1) is 16.7. The average Bonchev–Trinajstić information content (AvgIpc) is 3.57. The maximum Gasteiger partial charge on any atom is 0.173 e. The average molecular weight is 467 g/mol. The van der Waals surface area contributed by atoms with Crippen molar-refractivity contribution in [1.82, 2.24) is 25.1 Å². The Morgan fingerprint density at radius 3 is 2.35 bits per heavy atom. The van der Waals surface area contributed by atoms with Crippen molar-refractivity contribution >= 4 is 5.69 Å². The smallest absolute Gasteiger partial charge is 0.173 e. The summed E-state index contributed by atoms with van der Waals surface area (Å²) in [5.74, 6) is 2.18. The molecule has 5 rings (SSSR count). The molecule has 1 aliphatic carbocycles. The van der Waals surface area contributed by atoms with E-state index < -0.39 is 0 Å². The minimum Gasteiger partial charge on any atom is -0.497 e. The minimum atomic E-state index is -0.216. The Balaban J connectivity index is 1.49. The number of piperazine rings is 1. The molecule has 0 N–H and O–H groups in total. The number of ether oxygens (including phenoxy) is 2. The first-order valence-electron chi connectivity index (χ1n) is 11.9. The molecule has 0 unspecified atom stereocenters. The first-order valence-corrected chi connectivity index (χ1v) is 11.9. The van der Waals surface area contributed by atoms with Crippen LogP contribution >= 0.6 is 0 Å². The molecule has 1 saturated carbocycles. The van der Waals surface area contributed by atoms with E-state index in [9.17, 15) is 4.39 Å². The maximum atomic E-state index is 13.4. The van der Waals surface area contributed by atoms with Crippen molar-refractivity contribution in [2.75, 3.05) is 45.3 Å². The molecule has 2 aliphatic rings. The molecule has 8 nitrogen and oxygen atoms in total. The van der Waals surface area contributed by atoms with E-state index in [4.69, 9.17) is 9.47 Å². The van der Waals surface area contributed by atoms with Gasteiger partial charge in [0.05, 0.1) is 20.3 Å². The fourth-order valence-corrected chi connectivity index (χ4v) is 5.23. The highest BCUT2D eigenvalue weighted by atomic mass is 19.1.